The van der Waals surface area contributed by atoms with Crippen molar-refractivity contribution in [2.24, 2.45) is 0 Å². The molecule has 1 atom stereocenters. The third kappa shape index (κ3) is 2.89. The quantitative estimate of drug-likeness (QED) is 0.864. The van der Waals surface area contributed by atoms with Gasteiger partial charge >= 0.3 is 0 Å². The fourth-order valence-corrected chi connectivity index (χ4v) is 2.83. The van der Waals surface area contributed by atoms with E-state index in [2.05, 4.69) is 39.9 Å². The van der Waals surface area contributed by atoms with Gasteiger partial charge in [0.15, 0.2) is 0 Å². The Hall–Kier alpha value is -1.72. The summed E-state index contributed by atoms with van der Waals surface area (Å²) in [5, 5.41) is 20.5. The normalized spacial score (nSPS) is 17.9. The van der Waals surface area contributed by atoms with Crippen molar-refractivity contribution in [1.82, 2.24) is 20.3 Å². The zero-order valence-electron chi connectivity index (χ0n) is 11.5. The van der Waals surface area contributed by atoms with Crippen molar-refractivity contribution >= 4 is 0 Å². The molecule has 0 aliphatic heterocycles. The minimum atomic E-state index is 0.0895. The van der Waals surface area contributed by atoms with Gasteiger partial charge in [0.2, 0.25) is 0 Å². The Bertz CT molecular complexity index is 567. The molecule has 106 valence electrons. The number of aryl methyl sites for hydroxylation is 1. The number of fused-ring (bicyclic) bond motifs is 1. The molecule has 0 saturated carbocycles. The van der Waals surface area contributed by atoms with E-state index in [4.69, 9.17) is 5.11 Å². The summed E-state index contributed by atoms with van der Waals surface area (Å²) in [5.41, 5.74) is 3.79. The summed E-state index contributed by atoms with van der Waals surface area (Å²) in [7, 11) is 0. The van der Waals surface area contributed by atoms with E-state index in [1.807, 2.05) is 6.20 Å². The van der Waals surface area contributed by atoms with Crippen molar-refractivity contribution in [3.8, 4) is 0 Å². The van der Waals surface area contributed by atoms with Crippen LogP contribution >= 0.6 is 0 Å². The number of aliphatic hydroxyl groups excluding tert-OH is 1. The number of nitrogens with zero attached hydrogens (tertiary/aromatic N) is 3. The van der Waals surface area contributed by atoms with Gasteiger partial charge in [-0.25, -0.2) is 4.68 Å². The largest absolute Gasteiger partial charge is 0.394 e. The Kier molecular flexibility index (Phi) is 4.08. The van der Waals surface area contributed by atoms with Gasteiger partial charge in [-0.3, -0.25) is 0 Å². The molecule has 0 fully saturated rings. The molecule has 20 heavy (non-hydrogen) atoms. The average Bonchev–Trinajstić information content (AvgIpc) is 2.93. The number of rotatable bonds is 5. The van der Waals surface area contributed by atoms with Crippen molar-refractivity contribution in [3.63, 3.8) is 0 Å². The van der Waals surface area contributed by atoms with E-state index >= 15 is 0 Å². The zero-order valence-corrected chi connectivity index (χ0v) is 11.5. The number of aliphatic hydroxyl groups is 1. The molecule has 1 aliphatic rings. The summed E-state index contributed by atoms with van der Waals surface area (Å²) in [5.74, 6) is 0. The highest BCUT2D eigenvalue weighted by molar-refractivity contribution is 5.32. The number of hydrogen-bond donors (Lipinski definition) is 2. The minimum Gasteiger partial charge on any atom is -0.394 e. The molecule has 0 amide bonds. The highest BCUT2D eigenvalue weighted by atomic mass is 16.3. The Morgan fingerprint density at radius 3 is 3.15 bits per heavy atom. The van der Waals surface area contributed by atoms with Crippen LogP contribution < -0.4 is 5.32 Å². The monoisotopic (exact) mass is 272 g/mol. The van der Waals surface area contributed by atoms with E-state index in [-0.39, 0.29) is 6.61 Å². The van der Waals surface area contributed by atoms with Crippen LogP contribution in [0.4, 0.5) is 0 Å². The molecule has 2 N–H and O–H groups in total. The third-order valence-electron chi connectivity index (χ3n) is 3.81. The van der Waals surface area contributed by atoms with Crippen molar-refractivity contribution < 1.29 is 5.11 Å². The molecule has 2 aromatic rings. The fourth-order valence-electron chi connectivity index (χ4n) is 2.83. The molecule has 0 spiro atoms. The first-order valence-corrected chi connectivity index (χ1v) is 7.18. The zero-order chi connectivity index (χ0) is 13.8. The van der Waals surface area contributed by atoms with E-state index in [0.717, 1.165) is 5.69 Å². The van der Waals surface area contributed by atoms with E-state index < -0.39 is 0 Å². The van der Waals surface area contributed by atoms with Crippen molar-refractivity contribution in [1.29, 1.82) is 0 Å². The van der Waals surface area contributed by atoms with Crippen LogP contribution in [0, 0.1) is 0 Å². The van der Waals surface area contributed by atoms with Crippen LogP contribution in [0.25, 0.3) is 0 Å². The Morgan fingerprint density at radius 1 is 1.35 bits per heavy atom. The number of nitrogens with one attached hydrogen (secondary N) is 1. The van der Waals surface area contributed by atoms with Gasteiger partial charge in [0, 0.05) is 18.8 Å². The summed E-state index contributed by atoms with van der Waals surface area (Å²) in [4.78, 5) is 0. The van der Waals surface area contributed by atoms with Crippen LogP contribution in [0.15, 0.2) is 30.5 Å². The van der Waals surface area contributed by atoms with Gasteiger partial charge in [-0.05, 0) is 30.4 Å². The molecule has 1 unspecified atom stereocenters. The van der Waals surface area contributed by atoms with Crippen molar-refractivity contribution in [2.75, 3.05) is 6.61 Å². The van der Waals surface area contributed by atoms with Gasteiger partial charge in [0.1, 0.15) is 0 Å². The Labute approximate surface area is 118 Å². The molecule has 0 bridgehead atoms. The van der Waals surface area contributed by atoms with Gasteiger partial charge in [-0.1, -0.05) is 29.5 Å². The summed E-state index contributed by atoms with van der Waals surface area (Å²) < 4.78 is 1.67. The SMILES string of the molecule is OCCn1cc(CNC2CCCc3ccccc32)nn1. The first-order chi connectivity index (χ1) is 9.86. The molecular formula is C15H20N4O. The predicted octanol–water partition coefficient (Wildman–Crippen LogP) is 1.44. The van der Waals surface area contributed by atoms with E-state index in [0.29, 0.717) is 19.1 Å². The Balaban J connectivity index is 1.64. The van der Waals surface area contributed by atoms with Crippen molar-refractivity contribution in [3.05, 3.63) is 47.3 Å². The van der Waals surface area contributed by atoms with Crippen LogP contribution in [-0.4, -0.2) is 26.7 Å². The lowest BCUT2D eigenvalue weighted by atomic mass is 9.88. The lowest BCUT2D eigenvalue weighted by molar-refractivity contribution is 0.268. The fraction of sp³-hybridized carbons (Fsp3) is 0.467. The summed E-state index contributed by atoms with van der Waals surface area (Å²) >= 11 is 0. The maximum atomic E-state index is 8.87. The second-order valence-electron chi connectivity index (χ2n) is 5.22. The van der Waals surface area contributed by atoms with Gasteiger partial charge < -0.3 is 10.4 Å². The lowest BCUT2D eigenvalue weighted by Crippen LogP contribution is -2.25. The molecular weight excluding hydrogens is 252 g/mol. The van der Waals surface area contributed by atoms with Gasteiger partial charge in [0.25, 0.3) is 0 Å². The molecule has 0 radical (unpaired) electrons. The van der Waals surface area contributed by atoms with Crippen LogP contribution in [0.2, 0.25) is 0 Å². The van der Waals surface area contributed by atoms with Gasteiger partial charge in [-0.15, -0.1) is 5.10 Å². The third-order valence-corrected chi connectivity index (χ3v) is 3.81. The molecule has 1 aliphatic carbocycles. The maximum Gasteiger partial charge on any atom is 0.0965 e. The number of benzene rings is 1. The summed E-state index contributed by atoms with van der Waals surface area (Å²) in [6, 6.07) is 9.07. The maximum absolute atomic E-state index is 8.87. The highest BCUT2D eigenvalue weighted by Gasteiger charge is 2.19. The van der Waals surface area contributed by atoms with E-state index in [1.54, 1.807) is 4.68 Å². The smallest absolute Gasteiger partial charge is 0.0965 e. The minimum absolute atomic E-state index is 0.0895. The average molecular weight is 272 g/mol. The van der Waals surface area contributed by atoms with E-state index in [1.165, 1.54) is 30.4 Å². The second kappa shape index (κ2) is 6.15. The first kappa shape index (κ1) is 13.3. The van der Waals surface area contributed by atoms with Crippen LogP contribution in [0.3, 0.4) is 0 Å². The molecule has 5 nitrogen and oxygen atoms in total. The molecule has 0 saturated heterocycles. The predicted molar refractivity (Wildman–Crippen MR) is 76.1 cm³/mol. The highest BCUT2D eigenvalue weighted by Crippen LogP contribution is 2.29. The number of hydrogen-bond acceptors (Lipinski definition) is 4. The van der Waals surface area contributed by atoms with Crippen LogP contribution in [-0.2, 0) is 19.5 Å². The van der Waals surface area contributed by atoms with Crippen LogP contribution in [0.5, 0.6) is 0 Å². The molecule has 5 heteroatoms. The first-order valence-electron chi connectivity index (χ1n) is 7.18. The molecule has 3 rings (SSSR count). The van der Waals surface area contributed by atoms with Gasteiger partial charge in [0.05, 0.1) is 18.8 Å². The second-order valence-corrected chi connectivity index (χ2v) is 5.22. The summed E-state index contributed by atoms with van der Waals surface area (Å²) in [6.45, 7) is 1.30. The number of aromatic nitrogens is 3. The topological polar surface area (TPSA) is 63.0 Å². The summed E-state index contributed by atoms with van der Waals surface area (Å²) in [6.07, 6.45) is 5.46. The molecule has 1 heterocycles. The Morgan fingerprint density at radius 2 is 2.25 bits per heavy atom. The lowest BCUT2D eigenvalue weighted by Gasteiger charge is -2.26. The van der Waals surface area contributed by atoms with Crippen LogP contribution in [0.1, 0.15) is 35.7 Å². The van der Waals surface area contributed by atoms with Crippen molar-refractivity contribution in [2.45, 2.75) is 38.4 Å². The standard InChI is InChI=1S/C15H20N4O/c20-9-8-19-11-13(17-18-19)10-16-15-7-3-5-12-4-1-2-6-14(12)15/h1-2,4,6,11,15-16,20H,3,5,7-10H2. The molecule has 1 aromatic heterocycles. The van der Waals surface area contributed by atoms with Gasteiger partial charge in [-0.2, -0.15) is 0 Å². The molecule has 1 aromatic carbocycles. The van der Waals surface area contributed by atoms with E-state index in [9.17, 15) is 0 Å².